The molecule has 0 unspecified atom stereocenters. The molecule has 4 nitrogen and oxygen atoms in total. The van der Waals surface area contributed by atoms with E-state index >= 15 is 0 Å². The van der Waals surface area contributed by atoms with Gasteiger partial charge in [0.25, 0.3) is 5.91 Å². The van der Waals surface area contributed by atoms with Crippen LogP contribution in [0.4, 0.5) is 8.78 Å². The van der Waals surface area contributed by atoms with E-state index in [-0.39, 0.29) is 17.9 Å². The van der Waals surface area contributed by atoms with E-state index in [4.69, 9.17) is 0 Å². The Hall–Kier alpha value is -1.50. The minimum Gasteiger partial charge on any atom is -0.348 e. The monoisotopic (exact) mass is 275 g/mol. The van der Waals surface area contributed by atoms with Crippen LogP contribution in [0, 0.1) is 11.6 Å². The van der Waals surface area contributed by atoms with Gasteiger partial charge in [-0.3, -0.25) is 4.79 Å². The highest BCUT2D eigenvalue weighted by atomic mass is 32.2. The van der Waals surface area contributed by atoms with Crippen LogP contribution < -0.4 is 5.32 Å². The van der Waals surface area contributed by atoms with Crippen LogP contribution in [0.3, 0.4) is 0 Å². The molecule has 98 valence electrons. The van der Waals surface area contributed by atoms with E-state index in [2.05, 4.69) is 5.32 Å². The molecular formula is C11H11F2NO3S. The second-order valence-electron chi connectivity index (χ2n) is 4.17. The molecule has 1 amide bonds. The van der Waals surface area contributed by atoms with Crippen molar-refractivity contribution in [2.75, 3.05) is 11.5 Å². The first kappa shape index (κ1) is 12.9. The second-order valence-corrected chi connectivity index (χ2v) is 6.40. The van der Waals surface area contributed by atoms with E-state index in [1.165, 1.54) is 0 Å². The summed E-state index contributed by atoms with van der Waals surface area (Å²) in [7, 11) is -3.15. The summed E-state index contributed by atoms with van der Waals surface area (Å²) in [6.07, 6.45) is 0.268. The van der Waals surface area contributed by atoms with E-state index in [9.17, 15) is 22.0 Å². The Balaban J connectivity index is 2.14. The first-order valence-electron chi connectivity index (χ1n) is 5.34. The molecule has 1 aromatic rings. The number of amides is 1. The molecule has 1 aromatic carbocycles. The molecule has 1 fully saturated rings. The molecule has 18 heavy (non-hydrogen) atoms. The molecular weight excluding hydrogens is 264 g/mol. The highest BCUT2D eigenvalue weighted by molar-refractivity contribution is 7.91. The Labute approximate surface area is 103 Å². The van der Waals surface area contributed by atoms with Gasteiger partial charge in [-0.1, -0.05) is 6.07 Å². The number of halogens is 2. The van der Waals surface area contributed by atoms with Crippen molar-refractivity contribution in [1.29, 1.82) is 0 Å². The largest absolute Gasteiger partial charge is 0.348 e. The summed E-state index contributed by atoms with van der Waals surface area (Å²) in [5.41, 5.74) is -0.679. The first-order chi connectivity index (χ1) is 8.39. The Kier molecular flexibility index (Phi) is 3.34. The quantitative estimate of drug-likeness (QED) is 0.871. The molecule has 1 aliphatic heterocycles. The highest BCUT2D eigenvalue weighted by Gasteiger charge is 2.30. The lowest BCUT2D eigenvalue weighted by Gasteiger charge is -2.11. The predicted molar refractivity (Wildman–Crippen MR) is 60.9 cm³/mol. The van der Waals surface area contributed by atoms with Gasteiger partial charge in [0.15, 0.2) is 9.84 Å². The molecule has 7 heteroatoms. The summed E-state index contributed by atoms with van der Waals surface area (Å²) in [4.78, 5) is 11.7. The lowest BCUT2D eigenvalue weighted by atomic mass is 10.1. The molecule has 0 aromatic heterocycles. The van der Waals surface area contributed by atoms with Crippen molar-refractivity contribution in [2.45, 2.75) is 12.5 Å². The number of nitrogens with one attached hydrogen (secondary N) is 1. The van der Waals surface area contributed by atoms with Gasteiger partial charge < -0.3 is 5.32 Å². The maximum atomic E-state index is 13.3. The Morgan fingerprint density at radius 3 is 2.39 bits per heavy atom. The third-order valence-electron chi connectivity index (χ3n) is 2.76. The van der Waals surface area contributed by atoms with E-state index in [0.29, 0.717) is 0 Å². The van der Waals surface area contributed by atoms with E-state index < -0.39 is 39.0 Å². The molecule has 0 radical (unpaired) electrons. The SMILES string of the molecule is O=C(N[C@@H]1CCS(=O)(=O)C1)c1c(F)cccc1F. The average Bonchev–Trinajstić information content (AvgIpc) is 2.57. The Bertz CT molecular complexity index is 566. The number of rotatable bonds is 2. The Morgan fingerprint density at radius 1 is 1.28 bits per heavy atom. The maximum Gasteiger partial charge on any atom is 0.257 e. The van der Waals surface area contributed by atoms with Crippen LogP contribution in [0.1, 0.15) is 16.8 Å². The summed E-state index contributed by atoms with van der Waals surface area (Å²) in [6, 6.07) is 2.52. The van der Waals surface area contributed by atoms with Crippen molar-refractivity contribution in [2.24, 2.45) is 0 Å². The third-order valence-corrected chi connectivity index (χ3v) is 4.53. The number of benzene rings is 1. The standard InChI is InChI=1S/C11H11F2NO3S/c12-8-2-1-3-9(13)10(8)11(15)14-7-4-5-18(16,17)6-7/h1-3,7H,4-6H2,(H,14,15)/t7-/m1/s1. The summed E-state index contributed by atoms with van der Waals surface area (Å²) in [6.45, 7) is 0. The normalized spacial score (nSPS) is 21.8. The molecule has 1 aliphatic rings. The molecule has 1 N–H and O–H groups in total. The van der Waals surface area contributed by atoms with Crippen LogP contribution >= 0.6 is 0 Å². The van der Waals surface area contributed by atoms with Gasteiger partial charge in [0, 0.05) is 6.04 Å². The van der Waals surface area contributed by atoms with E-state index in [1.807, 2.05) is 0 Å². The molecule has 1 heterocycles. The van der Waals surface area contributed by atoms with Gasteiger partial charge in [-0.2, -0.15) is 0 Å². The maximum absolute atomic E-state index is 13.3. The lowest BCUT2D eigenvalue weighted by Crippen LogP contribution is -2.36. The lowest BCUT2D eigenvalue weighted by molar-refractivity contribution is 0.0932. The third kappa shape index (κ3) is 2.66. The van der Waals surface area contributed by atoms with Crippen molar-refractivity contribution in [3.05, 3.63) is 35.4 Å². The number of carbonyl (C=O) groups is 1. The van der Waals surface area contributed by atoms with Gasteiger partial charge in [0.05, 0.1) is 11.5 Å². The zero-order valence-electron chi connectivity index (χ0n) is 9.32. The number of hydrogen-bond acceptors (Lipinski definition) is 3. The van der Waals surface area contributed by atoms with Crippen LogP contribution in [0.15, 0.2) is 18.2 Å². The van der Waals surface area contributed by atoms with E-state index in [1.54, 1.807) is 0 Å². The molecule has 1 atom stereocenters. The van der Waals surface area contributed by atoms with E-state index in [0.717, 1.165) is 18.2 Å². The zero-order chi connectivity index (χ0) is 13.3. The molecule has 0 saturated carbocycles. The summed E-state index contributed by atoms with van der Waals surface area (Å²) in [5, 5.41) is 2.33. The molecule has 0 aliphatic carbocycles. The fourth-order valence-electron chi connectivity index (χ4n) is 1.88. The van der Waals surface area contributed by atoms with Gasteiger partial charge in [-0.15, -0.1) is 0 Å². The topological polar surface area (TPSA) is 63.2 Å². The van der Waals surface area contributed by atoms with Crippen LogP contribution in [-0.2, 0) is 9.84 Å². The summed E-state index contributed by atoms with van der Waals surface area (Å²) < 4.78 is 49.0. The van der Waals surface area contributed by atoms with Crippen LogP contribution in [0.25, 0.3) is 0 Å². The molecule has 0 bridgehead atoms. The van der Waals surface area contributed by atoms with Crippen LogP contribution in [0.2, 0.25) is 0 Å². The van der Waals surface area contributed by atoms with Crippen LogP contribution in [0.5, 0.6) is 0 Å². The number of hydrogen-bond donors (Lipinski definition) is 1. The molecule has 2 rings (SSSR count). The highest BCUT2D eigenvalue weighted by Crippen LogP contribution is 2.15. The summed E-state index contributed by atoms with van der Waals surface area (Å²) in [5.74, 6) is -3.05. The summed E-state index contributed by atoms with van der Waals surface area (Å²) >= 11 is 0. The fraction of sp³-hybridized carbons (Fsp3) is 0.364. The molecule has 1 saturated heterocycles. The minimum absolute atomic E-state index is 0.0162. The van der Waals surface area contributed by atoms with Crippen molar-refractivity contribution in [1.82, 2.24) is 5.32 Å². The zero-order valence-corrected chi connectivity index (χ0v) is 10.1. The van der Waals surface area contributed by atoms with Gasteiger partial charge in [0.2, 0.25) is 0 Å². The van der Waals surface area contributed by atoms with Gasteiger partial charge in [0.1, 0.15) is 17.2 Å². The van der Waals surface area contributed by atoms with Crippen LogP contribution in [-0.4, -0.2) is 31.9 Å². The number of sulfone groups is 1. The van der Waals surface area contributed by atoms with Crippen molar-refractivity contribution in [3.63, 3.8) is 0 Å². The fourth-order valence-corrected chi connectivity index (χ4v) is 3.55. The Morgan fingerprint density at radius 2 is 1.89 bits per heavy atom. The van der Waals surface area contributed by atoms with Gasteiger partial charge in [-0.05, 0) is 18.6 Å². The number of carbonyl (C=O) groups excluding carboxylic acids is 1. The van der Waals surface area contributed by atoms with Gasteiger partial charge >= 0.3 is 0 Å². The first-order valence-corrected chi connectivity index (χ1v) is 7.16. The van der Waals surface area contributed by atoms with Crippen molar-refractivity contribution >= 4 is 15.7 Å². The van der Waals surface area contributed by atoms with Crippen molar-refractivity contribution < 1.29 is 22.0 Å². The smallest absolute Gasteiger partial charge is 0.257 e. The second kappa shape index (κ2) is 4.64. The van der Waals surface area contributed by atoms with Gasteiger partial charge in [-0.25, -0.2) is 17.2 Å². The molecule has 0 spiro atoms. The predicted octanol–water partition coefficient (Wildman–Crippen LogP) is 0.882. The van der Waals surface area contributed by atoms with Crippen molar-refractivity contribution in [3.8, 4) is 0 Å². The average molecular weight is 275 g/mol. The minimum atomic E-state index is -3.15.